The van der Waals surface area contributed by atoms with Gasteiger partial charge in [-0.3, -0.25) is 0 Å². The van der Waals surface area contributed by atoms with Crippen molar-refractivity contribution in [2.45, 2.75) is 31.8 Å². The summed E-state index contributed by atoms with van der Waals surface area (Å²) in [5.74, 6) is 1.43. The molecule has 0 aliphatic heterocycles. The van der Waals surface area contributed by atoms with Crippen LogP contribution in [-0.2, 0) is 17.8 Å². The molecule has 1 aliphatic carbocycles. The Morgan fingerprint density at radius 1 is 0.929 bits per heavy atom. The molecule has 3 aromatic carbocycles. The summed E-state index contributed by atoms with van der Waals surface area (Å²) in [6, 6.07) is 23.4. The SMILES string of the molecule is O=C([O-])CC1CCc2cc(OCc3cccc(Oc4ccccc4)c3)ccc21. The van der Waals surface area contributed by atoms with Crippen molar-refractivity contribution in [2.24, 2.45) is 0 Å². The molecule has 4 heteroatoms. The first-order valence-electron chi connectivity index (χ1n) is 9.45. The van der Waals surface area contributed by atoms with Crippen molar-refractivity contribution < 1.29 is 19.4 Å². The molecule has 3 aromatic rings. The largest absolute Gasteiger partial charge is 0.550 e. The number of aliphatic carboxylic acids is 1. The highest BCUT2D eigenvalue weighted by Gasteiger charge is 2.22. The number of rotatable bonds is 7. The number of carboxylic acids is 1. The molecule has 0 amide bonds. The average molecular weight is 373 g/mol. The quantitative estimate of drug-likeness (QED) is 0.622. The van der Waals surface area contributed by atoms with Gasteiger partial charge >= 0.3 is 0 Å². The van der Waals surface area contributed by atoms with E-state index >= 15 is 0 Å². The topological polar surface area (TPSA) is 58.6 Å². The van der Waals surface area contributed by atoms with E-state index in [2.05, 4.69) is 0 Å². The number of ether oxygens (including phenoxy) is 2. The highest BCUT2D eigenvalue weighted by molar-refractivity contribution is 5.66. The third kappa shape index (κ3) is 4.34. The fraction of sp³-hybridized carbons (Fsp3) is 0.208. The van der Waals surface area contributed by atoms with Crippen LogP contribution >= 0.6 is 0 Å². The molecule has 1 aliphatic rings. The second-order valence-corrected chi connectivity index (χ2v) is 7.02. The van der Waals surface area contributed by atoms with Crippen molar-refractivity contribution in [2.75, 3.05) is 0 Å². The van der Waals surface area contributed by atoms with Crippen molar-refractivity contribution in [1.29, 1.82) is 0 Å². The van der Waals surface area contributed by atoms with E-state index in [1.54, 1.807) is 0 Å². The van der Waals surface area contributed by atoms with Crippen LogP contribution in [-0.4, -0.2) is 5.97 Å². The Labute approximate surface area is 164 Å². The molecular formula is C24H21O4-. The molecule has 142 valence electrons. The van der Waals surface area contributed by atoms with E-state index in [9.17, 15) is 9.90 Å². The lowest BCUT2D eigenvalue weighted by atomic mass is 9.98. The van der Waals surface area contributed by atoms with Crippen LogP contribution in [0.4, 0.5) is 0 Å². The first-order chi connectivity index (χ1) is 13.7. The van der Waals surface area contributed by atoms with Crippen molar-refractivity contribution in [1.82, 2.24) is 0 Å². The maximum absolute atomic E-state index is 10.9. The van der Waals surface area contributed by atoms with Gasteiger partial charge in [-0.1, -0.05) is 36.4 Å². The van der Waals surface area contributed by atoms with Crippen LogP contribution in [0, 0.1) is 0 Å². The molecule has 4 rings (SSSR count). The number of hydrogen-bond donors (Lipinski definition) is 0. The minimum absolute atomic E-state index is 0.0564. The van der Waals surface area contributed by atoms with Crippen LogP contribution in [0.5, 0.6) is 17.2 Å². The maximum atomic E-state index is 10.9. The summed E-state index contributed by atoms with van der Waals surface area (Å²) >= 11 is 0. The van der Waals surface area contributed by atoms with Crippen molar-refractivity contribution >= 4 is 5.97 Å². The Morgan fingerprint density at radius 3 is 2.57 bits per heavy atom. The van der Waals surface area contributed by atoms with Gasteiger partial charge in [0, 0.05) is 5.97 Å². The maximum Gasteiger partial charge on any atom is 0.127 e. The molecule has 1 atom stereocenters. The molecule has 0 aromatic heterocycles. The highest BCUT2D eigenvalue weighted by Crippen LogP contribution is 2.37. The first-order valence-corrected chi connectivity index (χ1v) is 9.45. The number of fused-ring (bicyclic) bond motifs is 1. The molecule has 1 unspecified atom stereocenters. The second-order valence-electron chi connectivity index (χ2n) is 7.02. The Hall–Kier alpha value is -3.27. The highest BCUT2D eigenvalue weighted by atomic mass is 16.5. The van der Waals surface area contributed by atoms with Crippen LogP contribution in [0.1, 0.15) is 35.4 Å². The molecule has 0 spiro atoms. The third-order valence-electron chi connectivity index (χ3n) is 5.01. The fourth-order valence-electron chi connectivity index (χ4n) is 3.68. The van der Waals surface area contributed by atoms with Gasteiger partial charge in [0.25, 0.3) is 0 Å². The van der Waals surface area contributed by atoms with Crippen molar-refractivity contribution in [3.63, 3.8) is 0 Å². The van der Waals surface area contributed by atoms with E-state index in [1.807, 2.05) is 72.8 Å². The lowest BCUT2D eigenvalue weighted by Crippen LogP contribution is -2.23. The smallest absolute Gasteiger partial charge is 0.127 e. The summed E-state index contributed by atoms with van der Waals surface area (Å²) in [7, 11) is 0. The minimum Gasteiger partial charge on any atom is -0.550 e. The van der Waals surface area contributed by atoms with Gasteiger partial charge in [0.05, 0.1) is 0 Å². The van der Waals surface area contributed by atoms with Gasteiger partial charge in [-0.15, -0.1) is 0 Å². The molecule has 0 saturated heterocycles. The second kappa shape index (κ2) is 8.17. The zero-order chi connectivity index (χ0) is 19.3. The predicted molar refractivity (Wildman–Crippen MR) is 104 cm³/mol. The number of carboxylic acid groups (broad SMARTS) is 1. The summed E-state index contributed by atoms with van der Waals surface area (Å²) in [4.78, 5) is 10.9. The van der Waals surface area contributed by atoms with Crippen molar-refractivity contribution in [3.05, 3.63) is 89.5 Å². The van der Waals surface area contributed by atoms with Crippen LogP contribution in [0.25, 0.3) is 0 Å². The standard InChI is InChI=1S/C24H22O4/c25-24(26)15-19-10-9-18-14-21(11-12-23(18)19)27-16-17-5-4-8-22(13-17)28-20-6-2-1-3-7-20/h1-8,11-14,19H,9-10,15-16H2,(H,25,26)/p-1. The van der Waals surface area contributed by atoms with Gasteiger partial charge < -0.3 is 19.4 Å². The summed E-state index contributed by atoms with van der Waals surface area (Å²) in [6.07, 6.45) is 1.82. The van der Waals surface area contributed by atoms with Gasteiger partial charge in [-0.25, -0.2) is 0 Å². The van der Waals surface area contributed by atoms with E-state index in [4.69, 9.17) is 9.47 Å². The summed E-state index contributed by atoms with van der Waals surface area (Å²) in [5.41, 5.74) is 3.29. The summed E-state index contributed by atoms with van der Waals surface area (Å²) < 4.78 is 11.8. The number of carbonyl (C=O) groups excluding carboxylic acids is 1. The Bertz CT molecular complexity index is 965. The zero-order valence-electron chi connectivity index (χ0n) is 15.5. The molecule has 4 nitrogen and oxygen atoms in total. The van der Waals surface area contributed by atoms with Crippen molar-refractivity contribution in [3.8, 4) is 17.2 Å². The third-order valence-corrected chi connectivity index (χ3v) is 5.01. The number of aryl methyl sites for hydroxylation is 1. The van der Waals surface area contributed by atoms with Crippen LogP contribution in [0.3, 0.4) is 0 Å². The van der Waals surface area contributed by atoms with Gasteiger partial charge in [-0.2, -0.15) is 0 Å². The van der Waals surface area contributed by atoms with Gasteiger partial charge in [0.2, 0.25) is 0 Å². The van der Waals surface area contributed by atoms with Gasteiger partial charge in [0.15, 0.2) is 0 Å². The van der Waals surface area contributed by atoms with E-state index < -0.39 is 5.97 Å². The number of hydrogen-bond acceptors (Lipinski definition) is 4. The molecule has 0 saturated carbocycles. The predicted octanol–water partition coefficient (Wildman–Crippen LogP) is 4.23. The molecule has 0 N–H and O–H groups in total. The fourth-order valence-corrected chi connectivity index (χ4v) is 3.68. The Kier molecular flexibility index (Phi) is 5.29. The molecule has 0 bridgehead atoms. The number of carbonyl (C=O) groups is 1. The van der Waals surface area contributed by atoms with E-state index in [-0.39, 0.29) is 12.3 Å². The van der Waals surface area contributed by atoms with E-state index in [0.29, 0.717) is 6.61 Å². The molecular weight excluding hydrogens is 352 g/mol. The number of benzene rings is 3. The van der Waals surface area contributed by atoms with E-state index in [1.165, 1.54) is 5.56 Å². The zero-order valence-corrected chi connectivity index (χ0v) is 15.5. The van der Waals surface area contributed by atoms with Gasteiger partial charge in [0.1, 0.15) is 23.9 Å². The molecule has 0 fully saturated rings. The normalized spacial score (nSPS) is 15.1. The summed E-state index contributed by atoms with van der Waals surface area (Å²) in [5, 5.41) is 10.9. The lowest BCUT2D eigenvalue weighted by Gasteiger charge is -2.13. The van der Waals surface area contributed by atoms with Crippen LogP contribution < -0.4 is 14.6 Å². The van der Waals surface area contributed by atoms with Crippen LogP contribution in [0.2, 0.25) is 0 Å². The molecule has 0 radical (unpaired) electrons. The Morgan fingerprint density at radius 2 is 1.75 bits per heavy atom. The molecule has 0 heterocycles. The minimum atomic E-state index is -0.990. The van der Waals surface area contributed by atoms with Crippen LogP contribution in [0.15, 0.2) is 72.8 Å². The Balaban J connectivity index is 1.40. The first kappa shape index (κ1) is 18.1. The molecule has 28 heavy (non-hydrogen) atoms. The van der Waals surface area contributed by atoms with Gasteiger partial charge in [-0.05, 0) is 78.3 Å². The monoisotopic (exact) mass is 373 g/mol. The average Bonchev–Trinajstić information content (AvgIpc) is 3.09. The lowest BCUT2D eigenvalue weighted by molar-refractivity contribution is -0.306. The number of para-hydroxylation sites is 1. The summed E-state index contributed by atoms with van der Waals surface area (Å²) in [6.45, 7) is 0.438. The van der Waals surface area contributed by atoms with E-state index in [0.717, 1.165) is 41.2 Å².